The van der Waals surface area contributed by atoms with E-state index in [-0.39, 0.29) is 17.9 Å². The van der Waals surface area contributed by atoms with Crippen LogP contribution in [0.25, 0.3) is 0 Å². The molecule has 2 amide bonds. The highest BCUT2D eigenvalue weighted by atomic mass is 32.1. The molecule has 1 aromatic heterocycles. The molecule has 2 aromatic rings. The number of hydrogen-bond acceptors (Lipinski definition) is 6. The fraction of sp³-hybridized carbons (Fsp3) is 0.450. The molecular weight excluding hydrogens is 376 g/mol. The predicted molar refractivity (Wildman–Crippen MR) is 108 cm³/mol. The Labute approximate surface area is 168 Å². The van der Waals surface area contributed by atoms with Crippen LogP contribution in [0, 0.1) is 5.92 Å². The maximum atomic E-state index is 12.7. The number of carbonyl (C=O) groups excluding carboxylic acids is 2. The van der Waals surface area contributed by atoms with Gasteiger partial charge in [0.2, 0.25) is 11.8 Å². The van der Waals surface area contributed by atoms with Crippen LogP contribution in [0.2, 0.25) is 0 Å². The normalized spacial score (nSPS) is 25.9. The molecule has 2 unspecified atom stereocenters. The van der Waals surface area contributed by atoms with Crippen LogP contribution in [0.4, 0.5) is 5.00 Å². The first-order chi connectivity index (χ1) is 13.5. The number of hydrogen-bond donors (Lipinski definition) is 2. The molecular formula is C20H24N4O3S. The van der Waals surface area contributed by atoms with E-state index in [1.807, 2.05) is 0 Å². The van der Waals surface area contributed by atoms with Crippen molar-refractivity contribution >= 4 is 28.3 Å². The molecule has 0 saturated carbocycles. The zero-order valence-electron chi connectivity index (χ0n) is 16.0. The fourth-order valence-electron chi connectivity index (χ4n) is 4.11. The summed E-state index contributed by atoms with van der Waals surface area (Å²) >= 11 is 1.16. The molecule has 1 aromatic carbocycles. The standard InChI is InChI=1S/C20H24N4O3S/c1-12-19(14-7-9-24(12)10-8-14)22-20(26)15-3-5-16(6-4-15)27-17-11-18(28-23-17)21-13(2)25/h3-6,11-12,14,19H,7-10H2,1-2H3,(H,21,25)(H,22,26). The summed E-state index contributed by atoms with van der Waals surface area (Å²) in [6.07, 6.45) is 2.33. The van der Waals surface area contributed by atoms with Crippen LogP contribution in [0.15, 0.2) is 30.3 Å². The Morgan fingerprint density at radius 3 is 2.57 bits per heavy atom. The van der Waals surface area contributed by atoms with Gasteiger partial charge < -0.3 is 15.4 Å². The van der Waals surface area contributed by atoms with Gasteiger partial charge in [0.15, 0.2) is 0 Å². The van der Waals surface area contributed by atoms with Gasteiger partial charge in [0.25, 0.3) is 5.91 Å². The summed E-state index contributed by atoms with van der Waals surface area (Å²) in [6.45, 7) is 5.94. The number of carbonyl (C=O) groups is 2. The summed E-state index contributed by atoms with van der Waals surface area (Å²) in [7, 11) is 0. The van der Waals surface area contributed by atoms with Crippen molar-refractivity contribution in [2.45, 2.75) is 38.8 Å². The Morgan fingerprint density at radius 1 is 1.21 bits per heavy atom. The van der Waals surface area contributed by atoms with Crippen molar-refractivity contribution in [3.63, 3.8) is 0 Å². The number of benzene rings is 1. The molecule has 3 fully saturated rings. The second kappa shape index (κ2) is 7.89. The van der Waals surface area contributed by atoms with E-state index in [1.54, 1.807) is 30.3 Å². The molecule has 2 atom stereocenters. The van der Waals surface area contributed by atoms with Crippen molar-refractivity contribution in [1.82, 2.24) is 14.6 Å². The van der Waals surface area contributed by atoms with E-state index in [9.17, 15) is 9.59 Å². The lowest BCUT2D eigenvalue weighted by molar-refractivity contribution is -0.114. The Balaban J connectivity index is 1.37. The Bertz CT molecular complexity index is 857. The molecule has 2 bridgehead atoms. The van der Waals surface area contributed by atoms with Crippen LogP contribution in [0.1, 0.15) is 37.0 Å². The molecule has 0 aliphatic carbocycles. The minimum Gasteiger partial charge on any atom is -0.438 e. The second-order valence-corrected chi connectivity index (χ2v) is 8.26. The molecule has 148 valence electrons. The lowest BCUT2D eigenvalue weighted by Gasteiger charge is -2.49. The van der Waals surface area contributed by atoms with Crippen LogP contribution in [-0.4, -0.2) is 46.3 Å². The SMILES string of the molecule is CC(=O)Nc1cc(Oc2ccc(C(=O)NC3C4CCN(CC4)C3C)cc2)ns1. The topological polar surface area (TPSA) is 83.6 Å². The van der Waals surface area contributed by atoms with Gasteiger partial charge in [-0.3, -0.25) is 14.5 Å². The second-order valence-electron chi connectivity index (χ2n) is 7.45. The summed E-state index contributed by atoms with van der Waals surface area (Å²) in [5.74, 6) is 1.38. The Kier molecular flexibility index (Phi) is 5.32. The Hall–Kier alpha value is -2.45. The van der Waals surface area contributed by atoms with E-state index >= 15 is 0 Å². The molecule has 4 heterocycles. The zero-order chi connectivity index (χ0) is 19.7. The van der Waals surface area contributed by atoms with E-state index < -0.39 is 0 Å². The number of nitrogens with zero attached hydrogens (tertiary/aromatic N) is 2. The number of nitrogens with one attached hydrogen (secondary N) is 2. The van der Waals surface area contributed by atoms with E-state index in [4.69, 9.17) is 4.74 Å². The molecule has 0 radical (unpaired) electrons. The van der Waals surface area contributed by atoms with Gasteiger partial charge in [0, 0.05) is 30.6 Å². The van der Waals surface area contributed by atoms with Gasteiger partial charge in [-0.25, -0.2) is 0 Å². The van der Waals surface area contributed by atoms with Gasteiger partial charge in [-0.2, -0.15) is 4.37 Å². The molecule has 3 aliphatic rings. The van der Waals surface area contributed by atoms with Crippen molar-refractivity contribution in [1.29, 1.82) is 0 Å². The first-order valence-electron chi connectivity index (χ1n) is 9.57. The average molecular weight is 401 g/mol. The number of fused-ring (bicyclic) bond motifs is 3. The van der Waals surface area contributed by atoms with E-state index in [0.717, 1.165) is 37.5 Å². The third-order valence-electron chi connectivity index (χ3n) is 5.60. The third kappa shape index (κ3) is 4.02. The summed E-state index contributed by atoms with van der Waals surface area (Å²) in [4.78, 5) is 26.2. The number of anilines is 1. The van der Waals surface area contributed by atoms with Gasteiger partial charge in [-0.05, 0) is 74.6 Å². The number of ether oxygens (including phenoxy) is 1. The molecule has 3 saturated heterocycles. The summed E-state index contributed by atoms with van der Waals surface area (Å²) in [5, 5.41) is 6.53. The van der Waals surface area contributed by atoms with E-state index in [1.165, 1.54) is 6.92 Å². The van der Waals surface area contributed by atoms with Crippen molar-refractivity contribution in [2.75, 3.05) is 18.4 Å². The average Bonchev–Trinajstić information content (AvgIpc) is 3.11. The summed E-state index contributed by atoms with van der Waals surface area (Å²) in [5.41, 5.74) is 0.619. The lowest BCUT2D eigenvalue weighted by Crippen LogP contribution is -2.62. The van der Waals surface area contributed by atoms with Crippen molar-refractivity contribution in [2.24, 2.45) is 5.92 Å². The van der Waals surface area contributed by atoms with Gasteiger partial charge in [0.1, 0.15) is 10.8 Å². The number of aromatic nitrogens is 1. The first-order valence-corrected chi connectivity index (χ1v) is 10.3. The lowest BCUT2D eigenvalue weighted by atomic mass is 9.79. The first kappa shape index (κ1) is 18.9. The largest absolute Gasteiger partial charge is 0.438 e. The molecule has 3 aliphatic heterocycles. The smallest absolute Gasteiger partial charge is 0.251 e. The highest BCUT2D eigenvalue weighted by Gasteiger charge is 2.40. The maximum Gasteiger partial charge on any atom is 0.251 e. The molecule has 0 spiro atoms. The van der Waals surface area contributed by atoms with Gasteiger partial charge in [-0.15, -0.1) is 0 Å². The maximum absolute atomic E-state index is 12.7. The number of piperidine rings is 3. The third-order valence-corrected chi connectivity index (χ3v) is 6.29. The Morgan fingerprint density at radius 2 is 1.93 bits per heavy atom. The molecule has 7 nitrogen and oxygen atoms in total. The zero-order valence-corrected chi connectivity index (χ0v) is 16.8. The summed E-state index contributed by atoms with van der Waals surface area (Å²) in [6, 6.07) is 9.31. The minimum atomic E-state index is -0.150. The van der Waals surface area contributed by atoms with Gasteiger partial charge in [0.05, 0.1) is 0 Å². The van der Waals surface area contributed by atoms with Crippen molar-refractivity contribution in [3.8, 4) is 11.6 Å². The van der Waals surface area contributed by atoms with E-state index in [0.29, 0.717) is 34.2 Å². The quantitative estimate of drug-likeness (QED) is 0.806. The van der Waals surface area contributed by atoms with Crippen molar-refractivity contribution < 1.29 is 14.3 Å². The molecule has 2 N–H and O–H groups in total. The van der Waals surface area contributed by atoms with Crippen LogP contribution in [0.3, 0.4) is 0 Å². The predicted octanol–water partition coefficient (Wildman–Crippen LogP) is 3.11. The van der Waals surface area contributed by atoms with Gasteiger partial charge in [-0.1, -0.05) is 0 Å². The summed E-state index contributed by atoms with van der Waals surface area (Å²) < 4.78 is 9.84. The van der Waals surface area contributed by atoms with Crippen LogP contribution < -0.4 is 15.4 Å². The minimum absolute atomic E-state index is 0.0428. The fourth-order valence-corrected chi connectivity index (χ4v) is 4.74. The highest BCUT2D eigenvalue weighted by molar-refractivity contribution is 7.10. The van der Waals surface area contributed by atoms with E-state index in [2.05, 4.69) is 26.8 Å². The molecule has 28 heavy (non-hydrogen) atoms. The van der Waals surface area contributed by atoms with Crippen molar-refractivity contribution in [3.05, 3.63) is 35.9 Å². The van der Waals surface area contributed by atoms with Crippen LogP contribution >= 0.6 is 11.5 Å². The highest BCUT2D eigenvalue weighted by Crippen LogP contribution is 2.32. The van der Waals surface area contributed by atoms with Crippen LogP contribution in [-0.2, 0) is 4.79 Å². The number of amides is 2. The molecule has 5 rings (SSSR count). The van der Waals surface area contributed by atoms with Crippen LogP contribution in [0.5, 0.6) is 11.6 Å². The van der Waals surface area contributed by atoms with Gasteiger partial charge >= 0.3 is 0 Å². The number of rotatable bonds is 5. The monoisotopic (exact) mass is 400 g/mol. The molecule has 8 heteroatoms.